The first-order valence-corrected chi connectivity index (χ1v) is 13.6. The number of nitrogens with zero attached hydrogens (tertiary/aromatic N) is 7. The Labute approximate surface area is 236 Å². The van der Waals surface area contributed by atoms with Crippen LogP contribution in [0.25, 0.3) is 0 Å². The zero-order valence-corrected chi connectivity index (χ0v) is 23.8. The topological polar surface area (TPSA) is 206 Å². The van der Waals surface area contributed by atoms with Gasteiger partial charge in [-0.05, 0) is 43.9 Å². The minimum absolute atomic E-state index is 0.0405. The molecular weight excluding hydrogens is 566 g/mol. The van der Waals surface area contributed by atoms with Crippen molar-refractivity contribution in [3.8, 4) is 0 Å². The van der Waals surface area contributed by atoms with Gasteiger partial charge in [0.1, 0.15) is 24.2 Å². The van der Waals surface area contributed by atoms with Crippen LogP contribution in [0.2, 0.25) is 0 Å². The molecular formula is C22H27N9O7S2. The molecule has 40 heavy (non-hydrogen) atoms. The van der Waals surface area contributed by atoms with Crippen LogP contribution in [0, 0.1) is 12.3 Å². The first-order valence-electron chi connectivity index (χ1n) is 11.8. The van der Waals surface area contributed by atoms with E-state index in [1.54, 1.807) is 33.1 Å². The van der Waals surface area contributed by atoms with Crippen molar-refractivity contribution in [2.45, 2.75) is 51.7 Å². The molecule has 2 aromatic rings. The molecule has 3 N–H and O–H groups in total. The molecule has 16 nitrogen and oxygen atoms in total. The highest BCUT2D eigenvalue weighted by molar-refractivity contribution is 8.02. The van der Waals surface area contributed by atoms with Crippen molar-refractivity contribution in [1.82, 2.24) is 35.4 Å². The SMILES string of the molecule is CON=C(C(=O)NC1C(=O)N2C(C(=O)OCOC(=O)C(C)(C)C)C(Cn3nnc(C)n3)=CSC12)c1csc(N)n1. The van der Waals surface area contributed by atoms with Gasteiger partial charge in [0.25, 0.3) is 5.91 Å². The van der Waals surface area contributed by atoms with Gasteiger partial charge < -0.3 is 30.3 Å². The number of nitrogen functional groups attached to an aromatic ring is 1. The van der Waals surface area contributed by atoms with Crippen molar-refractivity contribution in [1.29, 1.82) is 0 Å². The average molecular weight is 594 g/mol. The molecule has 1 saturated heterocycles. The van der Waals surface area contributed by atoms with E-state index in [4.69, 9.17) is 20.0 Å². The number of carbonyl (C=O) groups excluding carboxylic acids is 4. The molecule has 2 aliphatic rings. The second-order valence-electron chi connectivity index (χ2n) is 9.64. The van der Waals surface area contributed by atoms with Crippen LogP contribution in [0.15, 0.2) is 21.5 Å². The van der Waals surface area contributed by atoms with Crippen LogP contribution < -0.4 is 11.1 Å². The van der Waals surface area contributed by atoms with Gasteiger partial charge in [-0.1, -0.05) is 5.16 Å². The van der Waals surface area contributed by atoms with Gasteiger partial charge in [0.05, 0.1) is 12.0 Å². The number of carbonyl (C=O) groups is 4. The van der Waals surface area contributed by atoms with E-state index in [0.29, 0.717) is 11.4 Å². The Morgan fingerprint density at radius 1 is 1.25 bits per heavy atom. The van der Waals surface area contributed by atoms with Gasteiger partial charge in [0.2, 0.25) is 12.7 Å². The third-order valence-electron chi connectivity index (χ3n) is 5.62. The number of β-lactam (4-membered cyclic amide) rings is 1. The van der Waals surface area contributed by atoms with Gasteiger partial charge in [-0.25, -0.2) is 9.78 Å². The van der Waals surface area contributed by atoms with Crippen LogP contribution in [-0.2, 0) is 40.0 Å². The number of anilines is 1. The van der Waals surface area contributed by atoms with E-state index >= 15 is 0 Å². The van der Waals surface area contributed by atoms with Crippen LogP contribution in [-0.4, -0.2) is 90.9 Å². The van der Waals surface area contributed by atoms with E-state index in [-0.39, 0.29) is 23.1 Å². The lowest BCUT2D eigenvalue weighted by atomic mass is 9.97. The van der Waals surface area contributed by atoms with Gasteiger partial charge in [0.15, 0.2) is 22.7 Å². The number of fused-ring (bicyclic) bond motifs is 1. The summed E-state index contributed by atoms with van der Waals surface area (Å²) in [5.41, 5.74) is 5.34. The van der Waals surface area contributed by atoms with Gasteiger partial charge in [-0.2, -0.15) is 4.80 Å². The number of thioether (sulfide) groups is 1. The van der Waals surface area contributed by atoms with E-state index in [2.05, 4.69) is 30.9 Å². The summed E-state index contributed by atoms with van der Waals surface area (Å²) in [5.74, 6) is -2.21. The Morgan fingerprint density at radius 3 is 2.60 bits per heavy atom. The molecule has 4 rings (SSSR count). The number of rotatable bonds is 9. The van der Waals surface area contributed by atoms with Crippen molar-refractivity contribution in [2.75, 3.05) is 19.6 Å². The number of hydrogen-bond acceptors (Lipinski definition) is 15. The Balaban J connectivity index is 1.52. The normalized spacial score (nSPS) is 20.7. The molecule has 3 atom stereocenters. The number of tetrazole rings is 1. The molecule has 2 amide bonds. The number of esters is 2. The number of oxime groups is 1. The summed E-state index contributed by atoms with van der Waals surface area (Å²) in [4.78, 5) is 63.0. The Morgan fingerprint density at radius 2 is 2.00 bits per heavy atom. The first-order chi connectivity index (χ1) is 18.9. The van der Waals surface area contributed by atoms with Crippen molar-refractivity contribution in [3.63, 3.8) is 0 Å². The maximum atomic E-state index is 13.3. The number of nitrogens with two attached hydrogens (primary N) is 1. The smallest absolute Gasteiger partial charge is 0.336 e. The van der Waals surface area contributed by atoms with Crippen molar-refractivity contribution < 1.29 is 33.5 Å². The van der Waals surface area contributed by atoms with Gasteiger partial charge >= 0.3 is 11.9 Å². The van der Waals surface area contributed by atoms with E-state index in [0.717, 1.165) is 11.3 Å². The van der Waals surface area contributed by atoms with E-state index < -0.39 is 53.4 Å². The summed E-state index contributed by atoms with van der Waals surface area (Å²) in [7, 11) is 1.27. The summed E-state index contributed by atoms with van der Waals surface area (Å²) in [6, 6.07) is -2.17. The number of thiazole rings is 1. The van der Waals surface area contributed by atoms with Crippen LogP contribution in [0.1, 0.15) is 32.3 Å². The molecule has 2 aromatic heterocycles. The Bertz CT molecular complexity index is 1380. The first kappa shape index (κ1) is 28.9. The Kier molecular flexibility index (Phi) is 8.38. The molecule has 0 spiro atoms. The van der Waals surface area contributed by atoms with E-state index in [9.17, 15) is 19.2 Å². The predicted molar refractivity (Wildman–Crippen MR) is 141 cm³/mol. The quantitative estimate of drug-likeness (QED) is 0.127. The van der Waals surface area contributed by atoms with Crippen molar-refractivity contribution in [3.05, 3.63) is 27.9 Å². The molecule has 2 aliphatic heterocycles. The minimum atomic E-state index is -1.18. The third-order valence-corrected chi connectivity index (χ3v) is 7.51. The molecule has 0 saturated carbocycles. The standard InChI is InChI=1S/C22H27N9O7S2/c1-10-26-29-30(27-10)6-11-7-39-18-14(25-16(32)13(28-36-5)12-8-40-21(23)24-12)17(33)31(18)15(11)19(34)37-9-38-20(35)22(2,3)4/h7-8,14-15,18H,6,9H2,1-5H3,(H2,23,24)(H,25,32). The number of aryl methyl sites for hydroxylation is 1. The van der Waals surface area contributed by atoms with Crippen LogP contribution in [0.5, 0.6) is 0 Å². The number of nitrogens with one attached hydrogen (secondary N) is 1. The van der Waals surface area contributed by atoms with E-state index in [1.165, 1.54) is 33.9 Å². The largest absolute Gasteiger partial charge is 0.427 e. The summed E-state index contributed by atoms with van der Waals surface area (Å²) in [6.45, 7) is 6.05. The highest BCUT2D eigenvalue weighted by Gasteiger charge is 2.56. The molecule has 3 unspecified atom stereocenters. The average Bonchev–Trinajstić information content (AvgIpc) is 3.51. The lowest BCUT2D eigenvalue weighted by Crippen LogP contribution is -2.74. The Hall–Kier alpha value is -4.06. The molecule has 1 fully saturated rings. The molecule has 18 heteroatoms. The summed E-state index contributed by atoms with van der Waals surface area (Å²) < 4.78 is 10.3. The van der Waals surface area contributed by atoms with Crippen LogP contribution >= 0.6 is 23.1 Å². The molecule has 4 heterocycles. The fourth-order valence-corrected chi connectivity index (χ4v) is 5.48. The van der Waals surface area contributed by atoms with Gasteiger partial charge in [-0.3, -0.25) is 14.4 Å². The summed E-state index contributed by atoms with van der Waals surface area (Å²) >= 11 is 2.33. The minimum Gasteiger partial charge on any atom is -0.427 e. The van der Waals surface area contributed by atoms with Crippen molar-refractivity contribution >= 4 is 57.7 Å². The number of hydrogen-bond donors (Lipinski definition) is 2. The molecule has 0 radical (unpaired) electrons. The summed E-state index contributed by atoms with van der Waals surface area (Å²) in [6.07, 6.45) is 0. The highest BCUT2D eigenvalue weighted by Crippen LogP contribution is 2.40. The van der Waals surface area contributed by atoms with Crippen LogP contribution in [0.4, 0.5) is 5.13 Å². The van der Waals surface area contributed by atoms with E-state index in [1.807, 2.05) is 0 Å². The second-order valence-corrected chi connectivity index (χ2v) is 11.5. The van der Waals surface area contributed by atoms with Gasteiger partial charge in [0, 0.05) is 5.38 Å². The monoisotopic (exact) mass is 593 g/mol. The van der Waals surface area contributed by atoms with Gasteiger partial charge in [-0.15, -0.1) is 33.3 Å². The maximum Gasteiger partial charge on any atom is 0.336 e. The lowest BCUT2D eigenvalue weighted by Gasteiger charge is -2.51. The summed E-state index contributed by atoms with van der Waals surface area (Å²) in [5, 5.41) is 21.0. The maximum absolute atomic E-state index is 13.3. The molecule has 0 aliphatic carbocycles. The predicted octanol–water partition coefficient (Wildman–Crippen LogP) is -0.187. The third kappa shape index (κ3) is 6.06. The second kappa shape index (κ2) is 11.6. The highest BCUT2D eigenvalue weighted by atomic mass is 32.2. The molecule has 0 bridgehead atoms. The number of aromatic nitrogens is 5. The van der Waals surface area contributed by atoms with Crippen molar-refractivity contribution in [2.24, 2.45) is 10.6 Å². The number of ether oxygens (including phenoxy) is 2. The fraction of sp³-hybridized carbons (Fsp3) is 0.500. The lowest BCUT2D eigenvalue weighted by molar-refractivity contribution is -0.179. The van der Waals surface area contributed by atoms with Crippen LogP contribution in [0.3, 0.4) is 0 Å². The zero-order valence-electron chi connectivity index (χ0n) is 22.2. The number of amides is 2. The molecule has 0 aromatic carbocycles. The fourth-order valence-electron chi connectivity index (χ4n) is 3.72. The molecule has 214 valence electrons. The zero-order chi connectivity index (χ0) is 29.2.